The zero-order valence-corrected chi connectivity index (χ0v) is 9.31. The summed E-state index contributed by atoms with van der Waals surface area (Å²) in [4.78, 5) is 2.25. The Hall–Kier alpha value is -0.940. The highest BCUT2D eigenvalue weighted by Crippen LogP contribution is 2.34. The Labute approximate surface area is 89.6 Å². The highest BCUT2D eigenvalue weighted by atomic mass is 16.6. The fourth-order valence-corrected chi connectivity index (χ4v) is 1.96. The molecule has 0 saturated heterocycles. The molecule has 1 aliphatic rings. The lowest BCUT2D eigenvalue weighted by Crippen LogP contribution is -2.39. The number of aryl methyl sites for hydroxylation is 1. The van der Waals surface area contributed by atoms with E-state index >= 15 is 0 Å². The lowest BCUT2D eigenvalue weighted by Gasteiger charge is -2.25. The smallest absolute Gasteiger partial charge is 0.122 e. The van der Waals surface area contributed by atoms with E-state index in [1.165, 1.54) is 12.8 Å². The van der Waals surface area contributed by atoms with Crippen molar-refractivity contribution in [3.63, 3.8) is 0 Å². The Morgan fingerprint density at radius 2 is 2.27 bits per heavy atom. The number of nitrogens with two attached hydrogens (primary N) is 1. The molecule has 1 atom stereocenters. The minimum atomic E-state index is 0.473. The van der Waals surface area contributed by atoms with Crippen molar-refractivity contribution < 1.29 is 4.63 Å². The van der Waals surface area contributed by atoms with Crippen LogP contribution in [0.1, 0.15) is 24.2 Å². The van der Waals surface area contributed by atoms with Crippen LogP contribution in [-0.2, 0) is 6.54 Å². The highest BCUT2D eigenvalue weighted by Gasteiger charge is 2.33. The minimum Gasteiger partial charge on any atom is -0.329 e. The molecule has 5 heteroatoms. The molecule has 0 amide bonds. The zero-order valence-electron chi connectivity index (χ0n) is 9.31. The summed E-state index contributed by atoms with van der Waals surface area (Å²) >= 11 is 0. The first-order valence-electron chi connectivity index (χ1n) is 5.40. The molecule has 1 heterocycles. The van der Waals surface area contributed by atoms with Crippen molar-refractivity contribution in [1.29, 1.82) is 0 Å². The second-order valence-corrected chi connectivity index (χ2v) is 4.35. The number of aromatic nitrogens is 2. The quantitative estimate of drug-likeness (QED) is 0.768. The van der Waals surface area contributed by atoms with Gasteiger partial charge in [0.2, 0.25) is 0 Å². The topological polar surface area (TPSA) is 68.2 Å². The number of nitrogens with zero attached hydrogens (tertiary/aromatic N) is 3. The summed E-state index contributed by atoms with van der Waals surface area (Å²) in [6.07, 6.45) is 2.62. The molecular formula is C10H18N4O. The van der Waals surface area contributed by atoms with E-state index in [1.807, 2.05) is 6.92 Å². The Bertz CT molecular complexity index is 321. The molecule has 1 aliphatic carbocycles. The molecule has 0 bridgehead atoms. The van der Waals surface area contributed by atoms with Gasteiger partial charge in [0.15, 0.2) is 0 Å². The maximum absolute atomic E-state index is 5.78. The van der Waals surface area contributed by atoms with Crippen LogP contribution in [0, 0.1) is 12.8 Å². The van der Waals surface area contributed by atoms with E-state index in [-0.39, 0.29) is 0 Å². The van der Waals surface area contributed by atoms with Crippen LogP contribution >= 0.6 is 0 Å². The van der Waals surface area contributed by atoms with Gasteiger partial charge in [0.25, 0.3) is 0 Å². The maximum atomic E-state index is 5.78. The van der Waals surface area contributed by atoms with Crippen molar-refractivity contribution in [2.75, 3.05) is 13.6 Å². The molecule has 0 aliphatic heterocycles. The number of hydrogen-bond acceptors (Lipinski definition) is 5. The van der Waals surface area contributed by atoms with Crippen molar-refractivity contribution in [3.8, 4) is 0 Å². The van der Waals surface area contributed by atoms with Gasteiger partial charge < -0.3 is 5.73 Å². The van der Waals surface area contributed by atoms with Gasteiger partial charge in [0.1, 0.15) is 11.4 Å². The average Bonchev–Trinajstić information content (AvgIpc) is 2.95. The molecule has 84 valence electrons. The van der Waals surface area contributed by atoms with Crippen molar-refractivity contribution in [2.24, 2.45) is 11.7 Å². The van der Waals surface area contributed by atoms with Crippen molar-refractivity contribution in [2.45, 2.75) is 32.4 Å². The number of hydrogen-bond donors (Lipinski definition) is 1. The molecule has 2 N–H and O–H groups in total. The van der Waals surface area contributed by atoms with Gasteiger partial charge in [-0.2, -0.15) is 0 Å². The Morgan fingerprint density at radius 1 is 1.53 bits per heavy atom. The molecule has 0 radical (unpaired) electrons. The average molecular weight is 210 g/mol. The fraction of sp³-hybridized carbons (Fsp3) is 0.800. The van der Waals surface area contributed by atoms with Gasteiger partial charge in [0.05, 0.1) is 0 Å². The second-order valence-electron chi connectivity index (χ2n) is 4.35. The van der Waals surface area contributed by atoms with Crippen molar-refractivity contribution in [3.05, 3.63) is 11.4 Å². The largest absolute Gasteiger partial charge is 0.329 e. The maximum Gasteiger partial charge on any atom is 0.122 e. The van der Waals surface area contributed by atoms with E-state index in [1.54, 1.807) is 0 Å². The van der Waals surface area contributed by atoms with Crippen molar-refractivity contribution in [1.82, 2.24) is 15.2 Å². The molecule has 5 nitrogen and oxygen atoms in total. The molecule has 0 spiro atoms. The van der Waals surface area contributed by atoms with Gasteiger partial charge >= 0.3 is 0 Å². The molecule has 1 aromatic heterocycles. The minimum absolute atomic E-state index is 0.473. The van der Waals surface area contributed by atoms with Crippen LogP contribution in [0.15, 0.2) is 4.63 Å². The van der Waals surface area contributed by atoms with Crippen molar-refractivity contribution >= 4 is 0 Å². The fourth-order valence-electron chi connectivity index (χ4n) is 1.96. The summed E-state index contributed by atoms with van der Waals surface area (Å²) < 4.78 is 4.68. The summed E-state index contributed by atoms with van der Waals surface area (Å²) in [5.41, 5.74) is 7.56. The molecule has 1 unspecified atom stereocenters. The van der Waals surface area contributed by atoms with E-state index in [9.17, 15) is 0 Å². The van der Waals surface area contributed by atoms with Crippen LogP contribution in [0.3, 0.4) is 0 Å². The predicted octanol–water partition coefficient (Wildman–Crippen LogP) is 0.547. The van der Waals surface area contributed by atoms with Crippen LogP contribution < -0.4 is 5.73 Å². The van der Waals surface area contributed by atoms with Gasteiger partial charge in [-0.1, -0.05) is 10.3 Å². The molecule has 0 aromatic carbocycles. The summed E-state index contributed by atoms with van der Waals surface area (Å²) in [6.45, 7) is 3.40. The van der Waals surface area contributed by atoms with Crippen LogP contribution in [-0.4, -0.2) is 34.8 Å². The zero-order chi connectivity index (χ0) is 10.8. The first-order valence-corrected chi connectivity index (χ1v) is 5.40. The second kappa shape index (κ2) is 4.28. The van der Waals surface area contributed by atoms with E-state index < -0.39 is 0 Å². The van der Waals surface area contributed by atoms with Crippen LogP contribution in [0.25, 0.3) is 0 Å². The van der Waals surface area contributed by atoms with Gasteiger partial charge in [-0.05, 0) is 32.7 Å². The molecular weight excluding hydrogens is 192 g/mol. The molecule has 1 fully saturated rings. The Balaban J connectivity index is 1.95. The first kappa shape index (κ1) is 10.6. The lowest BCUT2D eigenvalue weighted by atomic mass is 10.1. The summed E-state index contributed by atoms with van der Waals surface area (Å²) in [7, 11) is 2.09. The predicted molar refractivity (Wildman–Crippen MR) is 56.1 cm³/mol. The summed E-state index contributed by atoms with van der Waals surface area (Å²) in [5, 5.41) is 7.65. The third-order valence-corrected chi connectivity index (χ3v) is 3.12. The van der Waals surface area contributed by atoms with E-state index in [2.05, 4.69) is 26.9 Å². The number of rotatable bonds is 5. The Morgan fingerprint density at radius 3 is 2.73 bits per heavy atom. The highest BCUT2D eigenvalue weighted by molar-refractivity contribution is 5.05. The lowest BCUT2D eigenvalue weighted by molar-refractivity contribution is 0.207. The van der Waals surface area contributed by atoms with Crippen LogP contribution in [0.4, 0.5) is 0 Å². The normalized spacial score (nSPS) is 18.4. The van der Waals surface area contributed by atoms with Gasteiger partial charge in [0, 0.05) is 19.1 Å². The summed E-state index contributed by atoms with van der Waals surface area (Å²) in [5.74, 6) is 0.778. The summed E-state index contributed by atoms with van der Waals surface area (Å²) in [6, 6.07) is 0.473. The molecule has 15 heavy (non-hydrogen) atoms. The number of likely N-dealkylation sites (N-methyl/N-ethyl adjacent to an activating group) is 1. The first-order chi connectivity index (χ1) is 7.22. The van der Waals surface area contributed by atoms with Crippen LogP contribution in [0.2, 0.25) is 0 Å². The van der Waals surface area contributed by atoms with Gasteiger partial charge in [-0.25, -0.2) is 4.63 Å². The van der Waals surface area contributed by atoms with Gasteiger partial charge in [-0.15, -0.1) is 0 Å². The van der Waals surface area contributed by atoms with E-state index in [4.69, 9.17) is 5.73 Å². The molecule has 2 rings (SSSR count). The standard InChI is InChI=1S/C10H18N4O/c1-7-9(13-15-12-7)6-14(2)10(5-11)8-3-4-8/h8,10H,3-6,11H2,1-2H3. The monoisotopic (exact) mass is 210 g/mol. The van der Waals surface area contributed by atoms with E-state index in [0.29, 0.717) is 12.6 Å². The molecule has 1 saturated carbocycles. The van der Waals surface area contributed by atoms with E-state index in [0.717, 1.165) is 23.9 Å². The van der Waals surface area contributed by atoms with Crippen LogP contribution in [0.5, 0.6) is 0 Å². The third kappa shape index (κ3) is 2.35. The SMILES string of the molecule is Cc1nonc1CN(C)C(CN)C1CC1. The Kier molecular flexibility index (Phi) is 3.02. The third-order valence-electron chi connectivity index (χ3n) is 3.12. The van der Waals surface area contributed by atoms with Gasteiger partial charge in [-0.3, -0.25) is 4.90 Å². The molecule has 1 aromatic rings.